The molecule has 2 heterocycles. The maximum atomic E-state index is 12.2. The number of amides is 1. The van der Waals surface area contributed by atoms with Gasteiger partial charge in [-0.25, -0.2) is 0 Å². The Kier molecular flexibility index (Phi) is 4.40. The monoisotopic (exact) mass is 239 g/mol. The Morgan fingerprint density at radius 3 is 2.82 bits per heavy atom. The Bertz CT molecular complexity index is 263. The largest absolute Gasteiger partial charge is 0.340 e. The minimum Gasteiger partial charge on any atom is -0.340 e. The Labute approximate surface area is 104 Å². The number of hydrogen-bond acceptors (Lipinski definition) is 3. The third kappa shape index (κ3) is 3.19. The van der Waals surface area contributed by atoms with Gasteiger partial charge in [-0.05, 0) is 38.9 Å². The normalized spacial score (nSPS) is 30.8. The van der Waals surface area contributed by atoms with Gasteiger partial charge in [0, 0.05) is 32.1 Å². The Balaban J connectivity index is 1.80. The van der Waals surface area contributed by atoms with Crippen molar-refractivity contribution in [3.63, 3.8) is 0 Å². The summed E-state index contributed by atoms with van der Waals surface area (Å²) in [5, 5.41) is 3.33. The van der Waals surface area contributed by atoms with E-state index in [-0.39, 0.29) is 0 Å². The van der Waals surface area contributed by atoms with Gasteiger partial charge in [-0.2, -0.15) is 0 Å². The molecule has 2 aliphatic heterocycles. The summed E-state index contributed by atoms with van der Waals surface area (Å²) < 4.78 is 0. The summed E-state index contributed by atoms with van der Waals surface area (Å²) in [7, 11) is 0. The average molecular weight is 239 g/mol. The summed E-state index contributed by atoms with van der Waals surface area (Å²) in [6.45, 7) is 10.5. The predicted octanol–water partition coefficient (Wildman–Crippen LogP) is 0.539. The molecule has 17 heavy (non-hydrogen) atoms. The highest BCUT2D eigenvalue weighted by Gasteiger charge is 2.27. The summed E-state index contributed by atoms with van der Waals surface area (Å²) in [6.07, 6.45) is 1.90. The summed E-state index contributed by atoms with van der Waals surface area (Å²) in [6, 6.07) is 0.513. The van der Waals surface area contributed by atoms with E-state index in [1.165, 1.54) is 0 Å². The van der Waals surface area contributed by atoms with Crippen LogP contribution in [0.1, 0.15) is 26.7 Å². The molecule has 2 saturated heterocycles. The quantitative estimate of drug-likeness (QED) is 0.781. The lowest BCUT2D eigenvalue weighted by Gasteiger charge is -2.39. The van der Waals surface area contributed by atoms with E-state index in [0.29, 0.717) is 17.9 Å². The van der Waals surface area contributed by atoms with E-state index in [0.717, 1.165) is 52.1 Å². The number of carbonyl (C=O) groups is 1. The van der Waals surface area contributed by atoms with Crippen LogP contribution in [-0.4, -0.2) is 61.0 Å². The highest BCUT2D eigenvalue weighted by molar-refractivity contribution is 5.76. The van der Waals surface area contributed by atoms with E-state index in [1.54, 1.807) is 0 Å². The molecule has 1 amide bonds. The molecule has 0 aliphatic carbocycles. The van der Waals surface area contributed by atoms with Gasteiger partial charge in [0.15, 0.2) is 0 Å². The molecule has 0 radical (unpaired) electrons. The molecule has 0 aromatic heterocycles. The fourth-order valence-electron chi connectivity index (χ4n) is 2.96. The molecule has 1 N–H and O–H groups in total. The van der Waals surface area contributed by atoms with Crippen molar-refractivity contribution in [3.05, 3.63) is 0 Å². The molecule has 2 fully saturated rings. The van der Waals surface area contributed by atoms with Gasteiger partial charge in [0.05, 0.1) is 0 Å². The molecule has 98 valence electrons. The number of nitrogens with one attached hydrogen (secondary N) is 1. The van der Waals surface area contributed by atoms with E-state index in [9.17, 15) is 4.79 Å². The van der Waals surface area contributed by atoms with Crippen molar-refractivity contribution in [1.82, 2.24) is 15.1 Å². The summed E-state index contributed by atoms with van der Waals surface area (Å²) in [5.41, 5.74) is 0. The van der Waals surface area contributed by atoms with Crippen molar-refractivity contribution >= 4 is 5.91 Å². The molecule has 4 nitrogen and oxygen atoms in total. The fourth-order valence-corrected chi connectivity index (χ4v) is 2.96. The highest BCUT2D eigenvalue weighted by atomic mass is 16.2. The van der Waals surface area contributed by atoms with E-state index in [1.807, 2.05) is 0 Å². The number of likely N-dealkylation sites (N-methyl/N-ethyl adjacent to an activating group) is 1. The van der Waals surface area contributed by atoms with Crippen LogP contribution in [0.3, 0.4) is 0 Å². The van der Waals surface area contributed by atoms with Crippen LogP contribution in [0.15, 0.2) is 0 Å². The smallest absolute Gasteiger partial charge is 0.222 e. The fraction of sp³-hybridized carbons (Fsp3) is 0.923. The zero-order valence-electron chi connectivity index (χ0n) is 11.1. The van der Waals surface area contributed by atoms with Gasteiger partial charge in [-0.15, -0.1) is 0 Å². The number of rotatable bonds is 3. The van der Waals surface area contributed by atoms with Gasteiger partial charge in [0.2, 0.25) is 5.91 Å². The summed E-state index contributed by atoms with van der Waals surface area (Å²) in [5.74, 6) is 0.934. The highest BCUT2D eigenvalue weighted by Crippen LogP contribution is 2.16. The summed E-state index contributed by atoms with van der Waals surface area (Å²) >= 11 is 0. The SMILES string of the molecule is CCN1CCN(C(=O)CC2CCNC2)CC1C. The molecule has 0 saturated carbocycles. The Morgan fingerprint density at radius 1 is 1.41 bits per heavy atom. The predicted molar refractivity (Wildman–Crippen MR) is 68.9 cm³/mol. The van der Waals surface area contributed by atoms with Gasteiger partial charge in [-0.3, -0.25) is 9.69 Å². The third-order valence-corrected chi connectivity index (χ3v) is 4.15. The van der Waals surface area contributed by atoms with Crippen LogP contribution in [0.5, 0.6) is 0 Å². The van der Waals surface area contributed by atoms with Crippen molar-refractivity contribution in [2.75, 3.05) is 39.3 Å². The molecule has 0 aromatic rings. The Morgan fingerprint density at radius 2 is 2.24 bits per heavy atom. The maximum Gasteiger partial charge on any atom is 0.222 e. The van der Waals surface area contributed by atoms with Crippen molar-refractivity contribution in [1.29, 1.82) is 0 Å². The first kappa shape index (κ1) is 12.8. The van der Waals surface area contributed by atoms with Crippen molar-refractivity contribution in [3.8, 4) is 0 Å². The Hall–Kier alpha value is -0.610. The molecule has 0 bridgehead atoms. The number of hydrogen-bond donors (Lipinski definition) is 1. The molecular weight excluding hydrogens is 214 g/mol. The topological polar surface area (TPSA) is 35.6 Å². The van der Waals surface area contributed by atoms with E-state index in [4.69, 9.17) is 0 Å². The van der Waals surface area contributed by atoms with Crippen molar-refractivity contribution in [2.45, 2.75) is 32.7 Å². The third-order valence-electron chi connectivity index (χ3n) is 4.15. The van der Waals surface area contributed by atoms with Crippen LogP contribution < -0.4 is 5.32 Å². The van der Waals surface area contributed by atoms with Crippen LogP contribution in [-0.2, 0) is 4.79 Å². The molecule has 2 aliphatic rings. The first-order valence-electron chi connectivity index (χ1n) is 6.93. The lowest BCUT2D eigenvalue weighted by Crippen LogP contribution is -2.53. The first-order valence-corrected chi connectivity index (χ1v) is 6.93. The van der Waals surface area contributed by atoms with Crippen molar-refractivity contribution < 1.29 is 4.79 Å². The summed E-state index contributed by atoms with van der Waals surface area (Å²) in [4.78, 5) is 16.7. The van der Waals surface area contributed by atoms with Gasteiger partial charge < -0.3 is 10.2 Å². The van der Waals surface area contributed by atoms with E-state index in [2.05, 4.69) is 29.0 Å². The van der Waals surface area contributed by atoms with Crippen LogP contribution in [0.4, 0.5) is 0 Å². The first-order chi connectivity index (χ1) is 8.20. The van der Waals surface area contributed by atoms with Gasteiger partial charge in [0.1, 0.15) is 0 Å². The van der Waals surface area contributed by atoms with E-state index < -0.39 is 0 Å². The standard InChI is InChI=1S/C13H25N3O/c1-3-15-6-7-16(10-11(15)2)13(17)8-12-4-5-14-9-12/h11-12,14H,3-10H2,1-2H3. The van der Waals surface area contributed by atoms with Gasteiger partial charge in [-0.1, -0.05) is 6.92 Å². The van der Waals surface area contributed by atoms with Gasteiger partial charge >= 0.3 is 0 Å². The lowest BCUT2D eigenvalue weighted by molar-refractivity contribution is -0.134. The molecular formula is C13H25N3O. The van der Waals surface area contributed by atoms with Crippen LogP contribution >= 0.6 is 0 Å². The second-order valence-corrected chi connectivity index (χ2v) is 5.38. The maximum absolute atomic E-state index is 12.2. The van der Waals surface area contributed by atoms with E-state index >= 15 is 0 Å². The molecule has 2 atom stereocenters. The zero-order chi connectivity index (χ0) is 12.3. The molecule has 4 heteroatoms. The van der Waals surface area contributed by atoms with Crippen LogP contribution in [0.2, 0.25) is 0 Å². The van der Waals surface area contributed by atoms with Gasteiger partial charge in [0.25, 0.3) is 0 Å². The lowest BCUT2D eigenvalue weighted by atomic mass is 10.0. The molecule has 0 aromatic carbocycles. The molecule has 0 spiro atoms. The minimum absolute atomic E-state index is 0.362. The molecule has 2 rings (SSSR count). The second kappa shape index (κ2) is 5.83. The number of piperazine rings is 1. The van der Waals surface area contributed by atoms with Crippen LogP contribution in [0, 0.1) is 5.92 Å². The minimum atomic E-state index is 0.362. The zero-order valence-corrected chi connectivity index (χ0v) is 11.1. The second-order valence-electron chi connectivity index (χ2n) is 5.38. The average Bonchev–Trinajstić information content (AvgIpc) is 2.81. The van der Waals surface area contributed by atoms with Crippen molar-refractivity contribution in [2.24, 2.45) is 5.92 Å². The number of nitrogens with zero attached hydrogens (tertiary/aromatic N) is 2. The van der Waals surface area contributed by atoms with Crippen LogP contribution in [0.25, 0.3) is 0 Å². The number of carbonyl (C=O) groups excluding carboxylic acids is 1. The molecule has 2 unspecified atom stereocenters.